The summed E-state index contributed by atoms with van der Waals surface area (Å²) >= 11 is 0. The highest BCUT2D eigenvalue weighted by Crippen LogP contribution is 2.45. The number of phosphoric ester groups is 2. The van der Waals surface area contributed by atoms with Crippen molar-refractivity contribution in [3.63, 3.8) is 0 Å². The van der Waals surface area contributed by atoms with Gasteiger partial charge in [-0.05, 0) is 49.4 Å². The molecule has 540 valence electrons. The van der Waals surface area contributed by atoms with Gasteiger partial charge in [-0.3, -0.25) is 37.3 Å². The molecular weight excluding hydrogens is 1200 g/mol. The standard InChI is InChI=1S/C72H140O17P2/c1-9-65(8)51-43-35-30-31-37-45-53-70(75)83-59-68(89-72(77)55-47-39-29-23-17-16-20-26-34-42-50-64(6)7)61-87-91(80,81)85-57-66(73)56-84-90(78,79)86-60-67(88-71(76)54-46-38-28-22-15-11-13-19-25-33-41-49-63(4)5)58-82-69(74)52-44-36-27-21-14-10-12-18-24-32-40-48-62(2)3/h62-68,73H,9-61H2,1-8H3,(H,78,79)(H,80,81)/t65?,66-,67-,68-/m1/s1. The maximum absolute atomic E-state index is 13.0. The van der Waals surface area contributed by atoms with Gasteiger partial charge < -0.3 is 33.8 Å². The van der Waals surface area contributed by atoms with Crippen LogP contribution in [0.15, 0.2) is 0 Å². The first kappa shape index (κ1) is 89.1. The van der Waals surface area contributed by atoms with Crippen LogP contribution in [0.4, 0.5) is 0 Å². The van der Waals surface area contributed by atoms with Crippen molar-refractivity contribution >= 4 is 39.5 Å². The molecule has 0 aliphatic rings. The van der Waals surface area contributed by atoms with E-state index in [2.05, 4.69) is 55.4 Å². The van der Waals surface area contributed by atoms with Crippen molar-refractivity contribution in [2.75, 3.05) is 39.6 Å². The van der Waals surface area contributed by atoms with Crippen LogP contribution in [0.25, 0.3) is 0 Å². The monoisotopic (exact) mass is 1340 g/mol. The van der Waals surface area contributed by atoms with Crippen molar-refractivity contribution in [1.82, 2.24) is 0 Å². The molecule has 6 atom stereocenters. The molecule has 0 fully saturated rings. The molecule has 0 aliphatic carbocycles. The average molecular weight is 1340 g/mol. The van der Waals surface area contributed by atoms with E-state index in [9.17, 15) is 43.2 Å². The number of carbonyl (C=O) groups excluding carboxylic acids is 4. The fraction of sp³-hybridized carbons (Fsp3) is 0.944. The van der Waals surface area contributed by atoms with Crippen LogP contribution in [0.1, 0.15) is 357 Å². The number of aliphatic hydroxyl groups is 1. The SMILES string of the molecule is CCC(C)CCCCCCCCC(=O)OC[C@H](COP(=O)(O)OC[C@H](O)COP(=O)(O)OC[C@@H](COC(=O)CCCCCCCCCCCCCC(C)C)OC(=O)CCCCCCCCCCCCCC(C)C)OC(=O)CCCCCCCCCCCCC(C)C. The van der Waals surface area contributed by atoms with Gasteiger partial charge in [-0.25, -0.2) is 9.13 Å². The number of hydrogen-bond donors (Lipinski definition) is 3. The number of esters is 4. The first-order valence-corrected chi connectivity index (χ1v) is 40.2. The Balaban J connectivity index is 5.27. The molecule has 0 rings (SSSR count). The van der Waals surface area contributed by atoms with Crippen LogP contribution in [0, 0.1) is 23.7 Å². The number of unbranched alkanes of at least 4 members (excludes halogenated alkanes) is 34. The van der Waals surface area contributed by atoms with Crippen LogP contribution >= 0.6 is 15.6 Å². The summed E-state index contributed by atoms with van der Waals surface area (Å²) in [5.74, 6) is 0.892. The summed E-state index contributed by atoms with van der Waals surface area (Å²) < 4.78 is 68.4. The molecule has 0 radical (unpaired) electrons. The smallest absolute Gasteiger partial charge is 0.462 e. The van der Waals surface area contributed by atoms with Crippen molar-refractivity contribution in [3.05, 3.63) is 0 Å². The Morgan fingerprint density at radius 1 is 0.308 bits per heavy atom. The minimum absolute atomic E-state index is 0.105. The second-order valence-electron chi connectivity index (χ2n) is 27.6. The molecule has 0 aromatic heterocycles. The van der Waals surface area contributed by atoms with Crippen molar-refractivity contribution in [3.8, 4) is 0 Å². The fourth-order valence-corrected chi connectivity index (χ4v) is 12.4. The highest BCUT2D eigenvalue weighted by molar-refractivity contribution is 7.47. The van der Waals surface area contributed by atoms with E-state index in [0.29, 0.717) is 25.7 Å². The predicted molar refractivity (Wildman–Crippen MR) is 367 cm³/mol. The summed E-state index contributed by atoms with van der Waals surface area (Å²) in [6.07, 6.45) is 44.4. The predicted octanol–water partition coefficient (Wildman–Crippen LogP) is 20.5. The van der Waals surface area contributed by atoms with Crippen LogP contribution < -0.4 is 0 Å². The Morgan fingerprint density at radius 3 is 0.780 bits per heavy atom. The number of ether oxygens (including phenoxy) is 4. The maximum atomic E-state index is 13.0. The summed E-state index contributed by atoms with van der Waals surface area (Å²) in [5.41, 5.74) is 0. The highest BCUT2D eigenvalue weighted by Gasteiger charge is 2.30. The lowest BCUT2D eigenvalue weighted by atomic mass is 10.00. The van der Waals surface area contributed by atoms with Gasteiger partial charge in [0.1, 0.15) is 19.3 Å². The second-order valence-corrected chi connectivity index (χ2v) is 30.6. The second kappa shape index (κ2) is 61.6. The Morgan fingerprint density at radius 2 is 0.527 bits per heavy atom. The summed E-state index contributed by atoms with van der Waals surface area (Å²) in [4.78, 5) is 72.6. The Bertz CT molecular complexity index is 1800. The topological polar surface area (TPSA) is 237 Å². The Labute approximate surface area is 556 Å². The van der Waals surface area contributed by atoms with Crippen LogP contribution in [0.2, 0.25) is 0 Å². The lowest BCUT2D eigenvalue weighted by Gasteiger charge is -2.21. The Kier molecular flexibility index (Phi) is 60.3. The van der Waals surface area contributed by atoms with Crippen molar-refractivity contribution in [1.29, 1.82) is 0 Å². The number of carbonyl (C=O) groups is 4. The zero-order valence-electron chi connectivity index (χ0n) is 59.5. The molecule has 0 heterocycles. The van der Waals surface area contributed by atoms with E-state index in [1.54, 1.807) is 0 Å². The zero-order valence-corrected chi connectivity index (χ0v) is 61.3. The molecule has 19 heteroatoms. The minimum atomic E-state index is -4.95. The van der Waals surface area contributed by atoms with E-state index < -0.39 is 97.5 Å². The molecule has 17 nitrogen and oxygen atoms in total. The van der Waals surface area contributed by atoms with Gasteiger partial charge in [0.15, 0.2) is 12.2 Å². The molecular formula is C72H140O17P2. The zero-order chi connectivity index (χ0) is 67.5. The van der Waals surface area contributed by atoms with E-state index in [4.69, 9.17) is 37.0 Å². The molecule has 91 heavy (non-hydrogen) atoms. The van der Waals surface area contributed by atoms with Gasteiger partial charge in [0.25, 0.3) is 0 Å². The van der Waals surface area contributed by atoms with Crippen LogP contribution in [-0.2, 0) is 65.4 Å². The molecule has 0 aliphatic heterocycles. The first-order chi connectivity index (χ1) is 43.6. The van der Waals surface area contributed by atoms with Gasteiger partial charge in [0.05, 0.1) is 26.4 Å². The fourth-order valence-electron chi connectivity index (χ4n) is 10.8. The molecule has 3 unspecified atom stereocenters. The van der Waals surface area contributed by atoms with Crippen LogP contribution in [-0.4, -0.2) is 96.7 Å². The quantitative estimate of drug-likeness (QED) is 0.0222. The van der Waals surface area contributed by atoms with E-state index in [1.165, 1.54) is 154 Å². The number of rotatable bonds is 69. The van der Waals surface area contributed by atoms with E-state index in [0.717, 1.165) is 120 Å². The molecule has 0 aromatic rings. The highest BCUT2D eigenvalue weighted by atomic mass is 31.2. The lowest BCUT2D eigenvalue weighted by molar-refractivity contribution is -0.161. The molecule has 0 saturated carbocycles. The van der Waals surface area contributed by atoms with Gasteiger partial charge >= 0.3 is 39.5 Å². The summed E-state index contributed by atoms with van der Waals surface area (Å²) in [7, 11) is -9.91. The summed E-state index contributed by atoms with van der Waals surface area (Å²) in [6.45, 7) is 14.1. The number of aliphatic hydroxyl groups excluding tert-OH is 1. The van der Waals surface area contributed by atoms with Gasteiger partial charge in [0.2, 0.25) is 0 Å². The first-order valence-electron chi connectivity index (χ1n) is 37.2. The van der Waals surface area contributed by atoms with Crippen LogP contribution in [0.5, 0.6) is 0 Å². The van der Waals surface area contributed by atoms with Crippen molar-refractivity contribution in [2.45, 2.75) is 375 Å². The van der Waals surface area contributed by atoms with E-state index >= 15 is 0 Å². The minimum Gasteiger partial charge on any atom is -0.462 e. The van der Waals surface area contributed by atoms with Gasteiger partial charge in [-0.2, -0.15) is 0 Å². The lowest BCUT2D eigenvalue weighted by Crippen LogP contribution is -2.30. The van der Waals surface area contributed by atoms with Gasteiger partial charge in [0, 0.05) is 25.7 Å². The van der Waals surface area contributed by atoms with Crippen molar-refractivity contribution < 1.29 is 80.2 Å². The molecule has 0 spiro atoms. The molecule has 0 bridgehead atoms. The Hall–Kier alpha value is -1.94. The largest absolute Gasteiger partial charge is 0.472 e. The normalized spacial score (nSPS) is 14.5. The molecule has 0 aromatic carbocycles. The average Bonchev–Trinajstić information content (AvgIpc) is 3.50. The number of phosphoric acid groups is 2. The van der Waals surface area contributed by atoms with Crippen LogP contribution in [0.3, 0.4) is 0 Å². The van der Waals surface area contributed by atoms with E-state index in [1.807, 2.05) is 0 Å². The maximum Gasteiger partial charge on any atom is 0.472 e. The van der Waals surface area contributed by atoms with E-state index in [-0.39, 0.29) is 25.7 Å². The molecule has 0 saturated heterocycles. The molecule has 0 amide bonds. The third-order valence-corrected chi connectivity index (χ3v) is 18.8. The van der Waals surface area contributed by atoms with Crippen molar-refractivity contribution in [2.24, 2.45) is 23.7 Å². The third kappa shape index (κ3) is 65.1. The molecule has 3 N–H and O–H groups in total. The third-order valence-electron chi connectivity index (χ3n) is 16.9. The number of hydrogen-bond acceptors (Lipinski definition) is 15. The summed E-state index contributed by atoms with van der Waals surface area (Å²) in [6, 6.07) is 0. The summed E-state index contributed by atoms with van der Waals surface area (Å²) in [5, 5.41) is 10.6. The van der Waals surface area contributed by atoms with Gasteiger partial charge in [-0.15, -0.1) is 0 Å². The van der Waals surface area contributed by atoms with Gasteiger partial charge in [-0.1, -0.05) is 306 Å².